The average molecular weight is 450 g/mol. The van der Waals surface area contributed by atoms with Crippen LogP contribution in [0.15, 0.2) is 29.6 Å². The number of anilines is 1. The molecule has 2 aromatic rings. The average Bonchev–Trinajstić information content (AvgIpc) is 3.09. The Labute approximate surface area is 174 Å². The van der Waals surface area contributed by atoms with E-state index in [4.69, 9.17) is 39.5 Å². The minimum absolute atomic E-state index is 0.101. The molecule has 10 heteroatoms. The molecule has 2 N–H and O–H groups in total. The maximum absolute atomic E-state index is 12.0. The van der Waals surface area contributed by atoms with Gasteiger partial charge in [0.25, 0.3) is 5.91 Å². The van der Waals surface area contributed by atoms with Gasteiger partial charge in [-0.05, 0) is 23.6 Å². The molecule has 0 aliphatic heterocycles. The lowest BCUT2D eigenvalue weighted by Gasteiger charge is -2.16. The number of ether oxygens (including phenoxy) is 1. The van der Waals surface area contributed by atoms with Gasteiger partial charge in [-0.15, -0.1) is 11.3 Å². The highest BCUT2D eigenvalue weighted by molar-refractivity contribution is 7.10. The number of carbonyl (C=O) groups excluding carboxylic acids is 3. The predicted octanol–water partition coefficient (Wildman–Crippen LogP) is 4.46. The van der Waals surface area contributed by atoms with Crippen LogP contribution in [-0.4, -0.2) is 24.4 Å². The van der Waals surface area contributed by atoms with Gasteiger partial charge in [-0.2, -0.15) is 0 Å². The van der Waals surface area contributed by atoms with E-state index in [1.54, 1.807) is 6.07 Å². The van der Waals surface area contributed by atoms with Gasteiger partial charge in [0.1, 0.15) is 0 Å². The van der Waals surface area contributed by atoms with E-state index in [0.29, 0.717) is 5.02 Å². The number of esters is 1. The van der Waals surface area contributed by atoms with Crippen molar-refractivity contribution >= 4 is 69.6 Å². The zero-order chi connectivity index (χ0) is 20.0. The number of hydrogen-bond acceptors (Lipinski definition) is 5. The Balaban J connectivity index is 1.90. The molecule has 1 aromatic carbocycles. The van der Waals surface area contributed by atoms with Crippen LogP contribution in [0.5, 0.6) is 0 Å². The second-order valence-corrected chi connectivity index (χ2v) is 7.66. The summed E-state index contributed by atoms with van der Waals surface area (Å²) in [7, 11) is 0. The van der Waals surface area contributed by atoms with Gasteiger partial charge < -0.3 is 15.4 Å². The summed E-state index contributed by atoms with van der Waals surface area (Å²) in [5, 5.41) is 7.64. The highest BCUT2D eigenvalue weighted by atomic mass is 35.5. The van der Waals surface area contributed by atoms with Gasteiger partial charge in [0.15, 0.2) is 6.61 Å². The second-order valence-electron chi connectivity index (χ2n) is 5.43. The Morgan fingerprint density at radius 3 is 2.41 bits per heavy atom. The molecule has 1 atom stereocenters. The van der Waals surface area contributed by atoms with E-state index in [1.165, 1.54) is 30.4 Å². The molecule has 1 aromatic heterocycles. The van der Waals surface area contributed by atoms with Crippen molar-refractivity contribution in [1.82, 2.24) is 5.32 Å². The smallest absolute Gasteiger partial charge is 0.308 e. The molecule has 0 saturated carbocycles. The van der Waals surface area contributed by atoms with E-state index in [1.807, 2.05) is 11.4 Å². The quantitative estimate of drug-likeness (QED) is 0.611. The molecular weight excluding hydrogens is 435 g/mol. The van der Waals surface area contributed by atoms with Crippen molar-refractivity contribution in [1.29, 1.82) is 0 Å². The Kier molecular flexibility index (Phi) is 7.91. The molecule has 0 bridgehead atoms. The van der Waals surface area contributed by atoms with E-state index in [0.717, 1.165) is 4.88 Å². The largest absolute Gasteiger partial charge is 0.455 e. The monoisotopic (exact) mass is 448 g/mol. The number of amides is 2. The van der Waals surface area contributed by atoms with E-state index in [-0.39, 0.29) is 28.1 Å². The Morgan fingerprint density at radius 2 is 1.85 bits per heavy atom. The third-order valence-electron chi connectivity index (χ3n) is 3.27. The van der Waals surface area contributed by atoms with E-state index in [9.17, 15) is 14.4 Å². The van der Waals surface area contributed by atoms with Gasteiger partial charge in [0.05, 0.1) is 28.2 Å². The maximum atomic E-state index is 12.0. The Hall–Kier alpha value is -1.80. The number of halogens is 3. The molecule has 27 heavy (non-hydrogen) atoms. The van der Waals surface area contributed by atoms with Crippen molar-refractivity contribution in [3.63, 3.8) is 0 Å². The van der Waals surface area contributed by atoms with Gasteiger partial charge in [0, 0.05) is 16.8 Å². The molecule has 2 rings (SSSR count). The summed E-state index contributed by atoms with van der Waals surface area (Å²) >= 11 is 19.2. The standard InChI is InChI=1S/C17H15Cl3N2O4S/c1-9(23)21-13(14-3-2-4-27-14)7-16(25)26-8-15(24)22-17-11(19)5-10(18)6-12(17)20/h2-6,13H,7-8H2,1H3,(H,21,23)(H,22,24). The summed E-state index contributed by atoms with van der Waals surface area (Å²) in [4.78, 5) is 36.2. The van der Waals surface area contributed by atoms with Crippen molar-refractivity contribution in [2.75, 3.05) is 11.9 Å². The van der Waals surface area contributed by atoms with Crippen molar-refractivity contribution in [3.8, 4) is 0 Å². The third kappa shape index (κ3) is 6.70. The summed E-state index contributed by atoms with van der Waals surface area (Å²) < 4.78 is 4.98. The highest BCUT2D eigenvalue weighted by Crippen LogP contribution is 2.33. The maximum Gasteiger partial charge on any atom is 0.308 e. The van der Waals surface area contributed by atoms with Crippen LogP contribution in [0.25, 0.3) is 0 Å². The van der Waals surface area contributed by atoms with Gasteiger partial charge in [-0.3, -0.25) is 14.4 Å². The zero-order valence-electron chi connectivity index (χ0n) is 14.1. The lowest BCUT2D eigenvalue weighted by Crippen LogP contribution is -2.29. The number of hydrogen-bond donors (Lipinski definition) is 2. The summed E-state index contributed by atoms with van der Waals surface area (Å²) in [6.45, 7) is 0.838. The number of benzene rings is 1. The van der Waals surface area contributed by atoms with Crippen molar-refractivity contribution in [3.05, 3.63) is 49.6 Å². The molecule has 0 saturated heterocycles. The van der Waals surface area contributed by atoms with Crippen molar-refractivity contribution in [2.24, 2.45) is 0 Å². The Bertz CT molecular complexity index is 820. The minimum atomic E-state index is -0.634. The lowest BCUT2D eigenvalue weighted by molar-refractivity contribution is -0.147. The normalized spacial score (nSPS) is 11.6. The molecule has 144 valence electrons. The zero-order valence-corrected chi connectivity index (χ0v) is 17.1. The molecule has 6 nitrogen and oxygen atoms in total. The molecule has 0 fully saturated rings. The summed E-state index contributed by atoms with van der Waals surface area (Å²) in [5.41, 5.74) is 0.179. The first kappa shape index (κ1) is 21.5. The SMILES string of the molecule is CC(=O)NC(CC(=O)OCC(=O)Nc1c(Cl)cc(Cl)cc1Cl)c1cccs1. The molecule has 0 aliphatic rings. The summed E-state index contributed by atoms with van der Waals surface area (Å²) in [6.07, 6.45) is -0.101. The van der Waals surface area contributed by atoms with Crippen LogP contribution >= 0.6 is 46.1 Å². The number of thiophene rings is 1. The van der Waals surface area contributed by atoms with Crippen LogP contribution in [0.2, 0.25) is 15.1 Å². The predicted molar refractivity (Wildman–Crippen MR) is 107 cm³/mol. The summed E-state index contributed by atoms with van der Waals surface area (Å²) in [6, 6.07) is 5.95. The first-order chi connectivity index (χ1) is 12.8. The molecule has 1 unspecified atom stereocenters. The third-order valence-corrected chi connectivity index (χ3v) is 5.07. The fraction of sp³-hybridized carbons (Fsp3) is 0.235. The lowest BCUT2D eigenvalue weighted by atomic mass is 10.1. The van der Waals surface area contributed by atoms with Crippen LogP contribution in [0, 0.1) is 0 Å². The number of nitrogens with one attached hydrogen (secondary N) is 2. The first-order valence-electron chi connectivity index (χ1n) is 7.66. The number of rotatable bonds is 7. The minimum Gasteiger partial charge on any atom is -0.455 e. The van der Waals surface area contributed by atoms with Gasteiger partial charge in [-0.25, -0.2) is 0 Å². The molecule has 0 spiro atoms. The Morgan fingerprint density at radius 1 is 1.19 bits per heavy atom. The topological polar surface area (TPSA) is 84.5 Å². The van der Waals surface area contributed by atoms with E-state index in [2.05, 4.69) is 10.6 Å². The van der Waals surface area contributed by atoms with Crippen LogP contribution in [0.1, 0.15) is 24.3 Å². The van der Waals surface area contributed by atoms with Gasteiger partial charge >= 0.3 is 5.97 Å². The first-order valence-corrected chi connectivity index (χ1v) is 9.68. The molecule has 0 radical (unpaired) electrons. The fourth-order valence-corrected chi connectivity index (χ4v) is 3.86. The van der Waals surface area contributed by atoms with E-state index < -0.39 is 24.5 Å². The van der Waals surface area contributed by atoms with Crippen molar-refractivity contribution < 1.29 is 19.1 Å². The van der Waals surface area contributed by atoms with Crippen LogP contribution < -0.4 is 10.6 Å². The molecule has 2 amide bonds. The molecular formula is C17H15Cl3N2O4S. The summed E-state index contributed by atoms with van der Waals surface area (Å²) in [5.74, 6) is -1.52. The fourth-order valence-electron chi connectivity index (χ4n) is 2.17. The van der Waals surface area contributed by atoms with Gasteiger partial charge in [0.2, 0.25) is 5.91 Å². The van der Waals surface area contributed by atoms with Crippen LogP contribution in [0.4, 0.5) is 5.69 Å². The number of carbonyl (C=O) groups is 3. The van der Waals surface area contributed by atoms with Crippen LogP contribution in [0.3, 0.4) is 0 Å². The second kappa shape index (κ2) is 9.94. The molecule has 0 aliphatic carbocycles. The molecule has 1 heterocycles. The van der Waals surface area contributed by atoms with Crippen molar-refractivity contribution in [2.45, 2.75) is 19.4 Å². The highest BCUT2D eigenvalue weighted by Gasteiger charge is 2.20. The van der Waals surface area contributed by atoms with Crippen LogP contribution in [-0.2, 0) is 19.1 Å². The van der Waals surface area contributed by atoms with Gasteiger partial charge in [-0.1, -0.05) is 40.9 Å². The van der Waals surface area contributed by atoms with E-state index >= 15 is 0 Å².